The molecule has 1 aromatic carbocycles. The Balaban J connectivity index is 1.54. The van der Waals surface area contributed by atoms with Gasteiger partial charge in [-0.3, -0.25) is 0 Å². The summed E-state index contributed by atoms with van der Waals surface area (Å²) in [7, 11) is 1.69. The first kappa shape index (κ1) is 13.0. The molecule has 2 nitrogen and oxygen atoms in total. The van der Waals surface area contributed by atoms with Gasteiger partial charge in [-0.15, -0.1) is 0 Å². The van der Waals surface area contributed by atoms with E-state index < -0.39 is 0 Å². The van der Waals surface area contributed by atoms with E-state index in [0.29, 0.717) is 0 Å². The van der Waals surface area contributed by atoms with Gasteiger partial charge in [0.05, 0.1) is 13.2 Å². The number of benzene rings is 1. The lowest BCUT2D eigenvalue weighted by Crippen LogP contribution is -2.20. The lowest BCUT2D eigenvalue weighted by Gasteiger charge is -2.24. The molecular weight excluding hydrogens is 236 g/mol. The number of ether oxygens (including phenoxy) is 1. The maximum Gasteiger partial charge on any atom is 0.119 e. The minimum atomic E-state index is -0.198. The maximum absolute atomic E-state index is 10.3. The van der Waals surface area contributed by atoms with E-state index in [1.807, 2.05) is 18.2 Å². The predicted octanol–water partition coefficient (Wildman–Crippen LogP) is 3.42. The molecular formula is C17H24O2. The number of aliphatic hydroxyl groups excluding tert-OH is 1. The highest BCUT2D eigenvalue weighted by Gasteiger charge is 2.39. The Kier molecular flexibility index (Phi) is 3.79. The van der Waals surface area contributed by atoms with Crippen LogP contribution in [-0.2, 0) is 6.42 Å². The van der Waals surface area contributed by atoms with Crippen molar-refractivity contribution in [3.63, 3.8) is 0 Å². The number of methoxy groups -OCH3 is 1. The molecule has 104 valence electrons. The summed E-state index contributed by atoms with van der Waals surface area (Å²) in [6.07, 6.45) is 7.17. The highest BCUT2D eigenvalue weighted by Crippen LogP contribution is 2.49. The van der Waals surface area contributed by atoms with Crippen molar-refractivity contribution >= 4 is 0 Å². The van der Waals surface area contributed by atoms with Gasteiger partial charge < -0.3 is 9.84 Å². The summed E-state index contributed by atoms with van der Waals surface area (Å²) < 4.78 is 5.23. The number of rotatable bonds is 5. The second kappa shape index (κ2) is 5.54. The summed E-state index contributed by atoms with van der Waals surface area (Å²) in [6.45, 7) is 0. The topological polar surface area (TPSA) is 29.5 Å². The van der Waals surface area contributed by atoms with E-state index in [1.165, 1.54) is 31.2 Å². The van der Waals surface area contributed by atoms with Gasteiger partial charge in [-0.2, -0.15) is 0 Å². The number of fused-ring (bicyclic) bond motifs is 2. The monoisotopic (exact) mass is 260 g/mol. The molecule has 2 aliphatic rings. The number of hydrogen-bond acceptors (Lipinski definition) is 2. The molecule has 2 bridgehead atoms. The molecule has 1 N–H and O–H groups in total. The second-order valence-electron chi connectivity index (χ2n) is 6.38. The van der Waals surface area contributed by atoms with Crippen molar-refractivity contribution in [1.29, 1.82) is 0 Å². The molecule has 19 heavy (non-hydrogen) atoms. The molecule has 0 radical (unpaired) electrons. The zero-order chi connectivity index (χ0) is 13.2. The molecule has 1 aromatic rings. The smallest absolute Gasteiger partial charge is 0.119 e. The molecule has 4 atom stereocenters. The van der Waals surface area contributed by atoms with Gasteiger partial charge in [-0.25, -0.2) is 0 Å². The van der Waals surface area contributed by atoms with Gasteiger partial charge in [0.25, 0.3) is 0 Å². The van der Waals surface area contributed by atoms with Gasteiger partial charge in [-0.05, 0) is 67.6 Å². The Morgan fingerprint density at radius 1 is 1.32 bits per heavy atom. The van der Waals surface area contributed by atoms with Crippen LogP contribution in [0.5, 0.6) is 5.75 Å². The van der Waals surface area contributed by atoms with Crippen LogP contribution in [0.2, 0.25) is 0 Å². The maximum atomic E-state index is 10.3. The Morgan fingerprint density at radius 3 is 2.89 bits per heavy atom. The van der Waals surface area contributed by atoms with Gasteiger partial charge >= 0.3 is 0 Å². The first-order valence-corrected chi connectivity index (χ1v) is 7.55. The van der Waals surface area contributed by atoms with Crippen molar-refractivity contribution in [3.8, 4) is 5.75 Å². The minimum absolute atomic E-state index is 0.198. The average Bonchev–Trinajstić information content (AvgIpc) is 3.01. The summed E-state index contributed by atoms with van der Waals surface area (Å²) in [5, 5.41) is 10.3. The van der Waals surface area contributed by atoms with E-state index in [0.717, 1.165) is 36.3 Å². The van der Waals surface area contributed by atoms with Gasteiger partial charge in [-0.1, -0.05) is 18.6 Å². The van der Waals surface area contributed by atoms with Crippen LogP contribution in [-0.4, -0.2) is 18.3 Å². The van der Waals surface area contributed by atoms with E-state index in [4.69, 9.17) is 4.74 Å². The molecule has 2 aliphatic carbocycles. The standard InChI is InChI=1S/C17H24O2/c1-19-17-4-2-3-12(10-17)9-16(18)11-15-8-13-5-6-14(15)7-13/h2-4,10,13-16,18H,5-9,11H2,1H3. The Bertz CT molecular complexity index is 429. The van der Waals surface area contributed by atoms with Crippen LogP contribution < -0.4 is 4.74 Å². The fraction of sp³-hybridized carbons (Fsp3) is 0.647. The van der Waals surface area contributed by atoms with Crippen molar-refractivity contribution in [2.75, 3.05) is 7.11 Å². The fourth-order valence-electron chi connectivity index (χ4n) is 4.17. The number of hydrogen-bond donors (Lipinski definition) is 1. The van der Waals surface area contributed by atoms with E-state index >= 15 is 0 Å². The molecule has 3 rings (SSSR count). The van der Waals surface area contributed by atoms with Crippen LogP contribution in [0.3, 0.4) is 0 Å². The minimum Gasteiger partial charge on any atom is -0.497 e. The Labute approximate surface area is 115 Å². The Hall–Kier alpha value is -1.02. The van der Waals surface area contributed by atoms with Gasteiger partial charge in [0.1, 0.15) is 5.75 Å². The van der Waals surface area contributed by atoms with Crippen LogP contribution in [0.4, 0.5) is 0 Å². The third kappa shape index (κ3) is 2.94. The number of aliphatic hydroxyl groups is 1. The molecule has 0 saturated heterocycles. The van der Waals surface area contributed by atoms with E-state index in [2.05, 4.69) is 6.07 Å². The van der Waals surface area contributed by atoms with Gasteiger partial charge in [0.15, 0.2) is 0 Å². The lowest BCUT2D eigenvalue weighted by molar-refractivity contribution is 0.124. The first-order valence-electron chi connectivity index (χ1n) is 7.55. The molecule has 2 heteroatoms. The van der Waals surface area contributed by atoms with Crippen LogP contribution in [0.25, 0.3) is 0 Å². The van der Waals surface area contributed by atoms with Crippen molar-refractivity contribution in [3.05, 3.63) is 29.8 Å². The van der Waals surface area contributed by atoms with E-state index in [9.17, 15) is 5.11 Å². The summed E-state index contributed by atoms with van der Waals surface area (Å²) >= 11 is 0. The summed E-state index contributed by atoms with van der Waals surface area (Å²) in [6, 6.07) is 8.06. The van der Waals surface area contributed by atoms with Crippen molar-refractivity contribution in [2.24, 2.45) is 17.8 Å². The SMILES string of the molecule is COc1cccc(CC(O)CC2CC3CCC2C3)c1. The van der Waals surface area contributed by atoms with Crippen LogP contribution in [0.15, 0.2) is 24.3 Å². The lowest BCUT2D eigenvalue weighted by atomic mass is 9.84. The van der Waals surface area contributed by atoms with Crippen molar-refractivity contribution < 1.29 is 9.84 Å². The summed E-state index contributed by atoms with van der Waals surface area (Å²) in [5.41, 5.74) is 1.18. The summed E-state index contributed by atoms with van der Waals surface area (Å²) in [4.78, 5) is 0. The Morgan fingerprint density at radius 2 is 2.21 bits per heavy atom. The summed E-state index contributed by atoms with van der Waals surface area (Å²) in [5.74, 6) is 3.54. The zero-order valence-electron chi connectivity index (χ0n) is 11.7. The molecule has 2 saturated carbocycles. The fourth-order valence-corrected chi connectivity index (χ4v) is 4.17. The van der Waals surface area contributed by atoms with Crippen LogP contribution in [0, 0.1) is 17.8 Å². The molecule has 0 aliphatic heterocycles. The van der Waals surface area contributed by atoms with Gasteiger partial charge in [0.2, 0.25) is 0 Å². The normalized spacial score (nSPS) is 30.5. The van der Waals surface area contributed by atoms with Crippen molar-refractivity contribution in [2.45, 2.75) is 44.6 Å². The third-order valence-electron chi connectivity index (χ3n) is 5.06. The molecule has 0 amide bonds. The largest absolute Gasteiger partial charge is 0.497 e. The molecule has 0 spiro atoms. The average molecular weight is 260 g/mol. The van der Waals surface area contributed by atoms with Crippen molar-refractivity contribution in [1.82, 2.24) is 0 Å². The van der Waals surface area contributed by atoms with E-state index in [1.54, 1.807) is 7.11 Å². The molecule has 0 heterocycles. The van der Waals surface area contributed by atoms with Gasteiger partial charge in [0, 0.05) is 0 Å². The molecule has 2 fully saturated rings. The highest BCUT2D eigenvalue weighted by molar-refractivity contribution is 5.28. The third-order valence-corrected chi connectivity index (χ3v) is 5.06. The first-order chi connectivity index (χ1) is 9.24. The zero-order valence-corrected chi connectivity index (χ0v) is 11.7. The van der Waals surface area contributed by atoms with Crippen LogP contribution in [0.1, 0.15) is 37.7 Å². The molecule has 0 aromatic heterocycles. The highest BCUT2D eigenvalue weighted by atomic mass is 16.5. The second-order valence-corrected chi connectivity index (χ2v) is 6.38. The predicted molar refractivity (Wildman–Crippen MR) is 76.3 cm³/mol. The quantitative estimate of drug-likeness (QED) is 0.879. The van der Waals surface area contributed by atoms with Crippen LogP contribution >= 0.6 is 0 Å². The van der Waals surface area contributed by atoms with E-state index in [-0.39, 0.29) is 6.10 Å². The molecule has 4 unspecified atom stereocenters.